The molecule has 0 aliphatic heterocycles. The van der Waals surface area contributed by atoms with E-state index >= 15 is 0 Å². The second kappa shape index (κ2) is 12.4. The molecular weight excluding hydrogens is 502 g/mol. The molecule has 0 heterocycles. The number of carboxylic acid groups (broad SMARTS) is 1. The van der Waals surface area contributed by atoms with Crippen molar-refractivity contribution >= 4 is 28.0 Å². The smallest absolute Gasteiger partial charge is 0.336 e. The minimum atomic E-state index is -4.39. The van der Waals surface area contributed by atoms with Crippen molar-refractivity contribution in [3.63, 3.8) is 0 Å². The van der Waals surface area contributed by atoms with Gasteiger partial charge in [0, 0.05) is 20.4 Å². The molecule has 2 rings (SSSR count). The van der Waals surface area contributed by atoms with Gasteiger partial charge in [0.15, 0.2) is 5.60 Å². The zero-order chi connectivity index (χ0) is 27.9. The largest absolute Gasteiger partial charge is 0.479 e. The molecule has 0 saturated heterocycles. The van der Waals surface area contributed by atoms with Gasteiger partial charge in [-0.15, -0.1) is 0 Å². The number of hydrogen-bond acceptors (Lipinski definition) is 8. The fourth-order valence-corrected chi connectivity index (χ4v) is 6.19. The van der Waals surface area contributed by atoms with E-state index in [0.29, 0.717) is 31.2 Å². The number of carbonyl (C=O) groups is 3. The standard InChI is InChI=1S/C26H39NO9S/c1-19(28)27-16-11-17-37(33,34)36-25(4,35-22(29)18-20-12-7-5-8-13-20)24(2,3)26(32,23(30)31)21-14-9-6-10-15-21/h5,7-8,12-13,21,32H,6,9-11,14-18H2,1-4H3,(H,27,28)(H,30,31)/t25?,26-/m0/s1. The first-order chi connectivity index (χ1) is 17.1. The monoisotopic (exact) mass is 541 g/mol. The summed E-state index contributed by atoms with van der Waals surface area (Å²) in [5.74, 6) is -6.29. The number of amides is 1. The Morgan fingerprint density at radius 3 is 2.19 bits per heavy atom. The molecule has 0 bridgehead atoms. The SMILES string of the molecule is CC(=O)NCCCS(=O)(=O)OC(C)(OC(=O)Cc1ccccc1)C(C)(C)[C@@](O)(C(=O)O)C1CCCCC1. The van der Waals surface area contributed by atoms with Gasteiger partial charge in [0.25, 0.3) is 10.1 Å². The summed E-state index contributed by atoms with van der Waals surface area (Å²) in [5, 5.41) is 24.5. The average molecular weight is 542 g/mol. The van der Waals surface area contributed by atoms with Crippen LogP contribution in [0.4, 0.5) is 0 Å². The van der Waals surface area contributed by atoms with Crippen LogP contribution < -0.4 is 5.32 Å². The van der Waals surface area contributed by atoms with Crippen LogP contribution in [-0.2, 0) is 39.8 Å². The number of nitrogens with one attached hydrogen (secondary N) is 1. The van der Waals surface area contributed by atoms with Crippen molar-refractivity contribution < 1.29 is 41.9 Å². The Balaban J connectivity index is 2.44. The van der Waals surface area contributed by atoms with Crippen LogP contribution in [0, 0.1) is 11.3 Å². The summed E-state index contributed by atoms with van der Waals surface area (Å²) in [6, 6.07) is 8.62. The van der Waals surface area contributed by atoms with E-state index in [0.717, 1.165) is 6.42 Å². The Morgan fingerprint density at radius 2 is 1.65 bits per heavy atom. The average Bonchev–Trinajstić information content (AvgIpc) is 2.81. The number of aliphatic carboxylic acids is 1. The third-order valence-electron chi connectivity index (χ3n) is 7.34. The molecule has 11 heteroatoms. The number of rotatable bonds is 13. The van der Waals surface area contributed by atoms with Crippen LogP contribution in [0.3, 0.4) is 0 Å². The molecule has 1 aromatic carbocycles. The Kier molecular flexibility index (Phi) is 10.3. The molecule has 0 radical (unpaired) electrons. The van der Waals surface area contributed by atoms with Crippen LogP contribution in [0.15, 0.2) is 30.3 Å². The normalized spacial score (nSPS) is 18.3. The van der Waals surface area contributed by atoms with E-state index in [9.17, 15) is 33.0 Å². The molecule has 1 fully saturated rings. The molecule has 3 N–H and O–H groups in total. The van der Waals surface area contributed by atoms with Crippen LogP contribution in [0.1, 0.15) is 71.8 Å². The lowest BCUT2D eigenvalue weighted by molar-refractivity contribution is -0.280. The van der Waals surface area contributed by atoms with Gasteiger partial charge in [0.2, 0.25) is 11.7 Å². The zero-order valence-corrected chi connectivity index (χ0v) is 22.8. The molecule has 2 atom stereocenters. The van der Waals surface area contributed by atoms with Gasteiger partial charge in [-0.3, -0.25) is 9.59 Å². The van der Waals surface area contributed by atoms with Crippen molar-refractivity contribution in [1.29, 1.82) is 0 Å². The van der Waals surface area contributed by atoms with Gasteiger partial charge in [-0.25, -0.2) is 8.98 Å². The van der Waals surface area contributed by atoms with Gasteiger partial charge in [-0.2, -0.15) is 8.42 Å². The third kappa shape index (κ3) is 7.52. The first-order valence-electron chi connectivity index (χ1n) is 12.5. The summed E-state index contributed by atoms with van der Waals surface area (Å²) in [4.78, 5) is 36.7. The molecule has 1 aromatic rings. The first kappa shape index (κ1) is 30.7. The molecule has 10 nitrogen and oxygen atoms in total. The van der Waals surface area contributed by atoms with E-state index in [1.807, 2.05) is 0 Å². The van der Waals surface area contributed by atoms with E-state index < -0.39 is 50.5 Å². The Morgan fingerprint density at radius 1 is 1.05 bits per heavy atom. The molecule has 1 aliphatic carbocycles. The van der Waals surface area contributed by atoms with Gasteiger partial charge < -0.3 is 20.3 Å². The highest BCUT2D eigenvalue weighted by Gasteiger charge is 2.66. The molecule has 208 valence electrons. The number of aliphatic hydroxyl groups is 1. The van der Waals surface area contributed by atoms with E-state index in [1.54, 1.807) is 30.3 Å². The summed E-state index contributed by atoms with van der Waals surface area (Å²) in [5.41, 5.74) is -3.75. The second-order valence-electron chi connectivity index (χ2n) is 10.3. The molecule has 37 heavy (non-hydrogen) atoms. The molecule has 0 spiro atoms. The van der Waals surface area contributed by atoms with E-state index in [-0.39, 0.29) is 25.3 Å². The molecule has 1 saturated carbocycles. The summed E-state index contributed by atoms with van der Waals surface area (Å²) < 4.78 is 37.1. The van der Waals surface area contributed by atoms with Gasteiger partial charge in [-0.05, 0) is 30.7 Å². The third-order valence-corrected chi connectivity index (χ3v) is 8.70. The van der Waals surface area contributed by atoms with Gasteiger partial charge >= 0.3 is 11.9 Å². The van der Waals surface area contributed by atoms with Crippen molar-refractivity contribution in [3.8, 4) is 0 Å². The lowest BCUT2D eigenvalue weighted by Crippen LogP contribution is -2.67. The molecule has 1 unspecified atom stereocenters. The van der Waals surface area contributed by atoms with Crippen molar-refractivity contribution in [2.45, 2.75) is 84.0 Å². The fraction of sp³-hybridized carbons (Fsp3) is 0.654. The minimum absolute atomic E-state index is 0.0161. The Labute approximate surface area is 218 Å². The van der Waals surface area contributed by atoms with E-state index in [2.05, 4.69) is 5.32 Å². The number of carboxylic acids is 1. The van der Waals surface area contributed by atoms with Gasteiger partial charge in [0.1, 0.15) is 0 Å². The molecular formula is C26H39NO9S. The van der Waals surface area contributed by atoms with Crippen LogP contribution >= 0.6 is 0 Å². The topological polar surface area (TPSA) is 156 Å². The maximum atomic E-state index is 13.0. The summed E-state index contributed by atoms with van der Waals surface area (Å²) in [6.07, 6.45) is 2.96. The van der Waals surface area contributed by atoms with Crippen molar-refractivity contribution in [2.24, 2.45) is 11.3 Å². The number of carbonyl (C=O) groups excluding carboxylic acids is 2. The Hall–Kier alpha value is -2.50. The highest BCUT2D eigenvalue weighted by Crippen LogP contribution is 2.51. The number of esters is 1. The molecule has 1 amide bonds. The zero-order valence-electron chi connectivity index (χ0n) is 22.0. The van der Waals surface area contributed by atoms with Gasteiger partial charge in [0.05, 0.1) is 17.6 Å². The molecule has 1 aliphatic rings. The van der Waals surface area contributed by atoms with Gasteiger partial charge in [-0.1, -0.05) is 63.4 Å². The van der Waals surface area contributed by atoms with Crippen molar-refractivity contribution in [1.82, 2.24) is 5.32 Å². The first-order valence-corrected chi connectivity index (χ1v) is 14.1. The predicted octanol–water partition coefficient (Wildman–Crippen LogP) is 2.78. The predicted molar refractivity (Wildman–Crippen MR) is 136 cm³/mol. The Bertz CT molecular complexity index is 1050. The van der Waals surface area contributed by atoms with Crippen LogP contribution in [0.25, 0.3) is 0 Å². The quantitative estimate of drug-likeness (QED) is 0.148. The number of benzene rings is 1. The maximum Gasteiger partial charge on any atom is 0.336 e. The summed E-state index contributed by atoms with van der Waals surface area (Å²) >= 11 is 0. The van der Waals surface area contributed by atoms with Crippen LogP contribution in [0.5, 0.6) is 0 Å². The summed E-state index contributed by atoms with van der Waals surface area (Å²) in [6.45, 7) is 5.25. The highest BCUT2D eigenvalue weighted by atomic mass is 32.2. The summed E-state index contributed by atoms with van der Waals surface area (Å²) in [7, 11) is -4.39. The van der Waals surface area contributed by atoms with Crippen LogP contribution in [-0.4, -0.2) is 60.2 Å². The molecule has 0 aromatic heterocycles. The lowest BCUT2D eigenvalue weighted by Gasteiger charge is -2.52. The lowest BCUT2D eigenvalue weighted by atomic mass is 9.60. The van der Waals surface area contributed by atoms with E-state index in [4.69, 9.17) is 8.92 Å². The van der Waals surface area contributed by atoms with Crippen molar-refractivity contribution in [2.75, 3.05) is 12.3 Å². The number of hydrogen-bond donors (Lipinski definition) is 3. The van der Waals surface area contributed by atoms with Crippen LogP contribution in [0.2, 0.25) is 0 Å². The van der Waals surface area contributed by atoms with E-state index in [1.165, 1.54) is 27.7 Å². The second-order valence-corrected chi connectivity index (χ2v) is 12.0. The maximum absolute atomic E-state index is 13.0. The highest BCUT2D eigenvalue weighted by molar-refractivity contribution is 7.86. The van der Waals surface area contributed by atoms with Crippen molar-refractivity contribution in [3.05, 3.63) is 35.9 Å². The number of ether oxygens (including phenoxy) is 1. The minimum Gasteiger partial charge on any atom is -0.479 e. The fourth-order valence-electron chi connectivity index (χ4n) is 4.88.